The molecule has 0 spiro atoms. The second-order valence-electron chi connectivity index (χ2n) is 4.90. The highest BCUT2D eigenvalue weighted by Crippen LogP contribution is 2.24. The number of amides is 1. The number of esters is 2. The summed E-state index contributed by atoms with van der Waals surface area (Å²) in [5.74, 6) is -2.17. The van der Waals surface area contributed by atoms with Gasteiger partial charge in [0, 0.05) is 10.2 Å². The minimum absolute atomic E-state index is 0.0254. The average Bonchev–Trinajstić information content (AvgIpc) is 2.61. The number of rotatable bonds is 4. The number of aromatic hydroxyl groups is 1. The molecule has 0 radical (unpaired) electrons. The smallest absolute Gasteiger partial charge is 0.337 e. The maximum absolute atomic E-state index is 12.4. The Labute approximate surface area is 151 Å². The van der Waals surface area contributed by atoms with E-state index in [1.54, 1.807) is 6.07 Å². The number of benzene rings is 2. The van der Waals surface area contributed by atoms with Gasteiger partial charge in [0.15, 0.2) is 0 Å². The average molecular weight is 408 g/mol. The van der Waals surface area contributed by atoms with Crippen LogP contribution in [0.3, 0.4) is 0 Å². The lowest BCUT2D eigenvalue weighted by atomic mass is 10.1. The Hall–Kier alpha value is -2.87. The molecule has 1 amide bonds. The van der Waals surface area contributed by atoms with E-state index in [1.165, 1.54) is 44.6 Å². The summed E-state index contributed by atoms with van der Waals surface area (Å²) in [5.41, 5.74) is 0.337. The molecule has 0 atom stereocenters. The van der Waals surface area contributed by atoms with E-state index in [2.05, 4.69) is 30.7 Å². The van der Waals surface area contributed by atoms with E-state index in [4.69, 9.17) is 0 Å². The van der Waals surface area contributed by atoms with Gasteiger partial charge in [0.2, 0.25) is 0 Å². The van der Waals surface area contributed by atoms with E-state index in [0.717, 1.165) is 0 Å². The van der Waals surface area contributed by atoms with Gasteiger partial charge in [0.25, 0.3) is 5.91 Å². The number of carbonyl (C=O) groups excluding carboxylic acids is 3. The van der Waals surface area contributed by atoms with Crippen LogP contribution in [0.15, 0.2) is 40.9 Å². The third-order valence-corrected chi connectivity index (χ3v) is 3.73. The number of methoxy groups -OCH3 is 2. The third kappa shape index (κ3) is 4.36. The number of phenolic OH excluding ortho intramolecular Hbond substituents is 1. The molecule has 0 saturated carbocycles. The van der Waals surface area contributed by atoms with Crippen molar-refractivity contribution in [2.45, 2.75) is 0 Å². The van der Waals surface area contributed by atoms with Gasteiger partial charge in [-0.25, -0.2) is 9.59 Å². The predicted molar refractivity (Wildman–Crippen MR) is 92.9 cm³/mol. The van der Waals surface area contributed by atoms with E-state index in [1.807, 2.05) is 0 Å². The molecule has 0 fully saturated rings. The maximum atomic E-state index is 12.4. The van der Waals surface area contributed by atoms with Crippen LogP contribution in [-0.2, 0) is 9.47 Å². The highest BCUT2D eigenvalue weighted by atomic mass is 79.9. The lowest BCUT2D eigenvalue weighted by Gasteiger charge is -2.10. The van der Waals surface area contributed by atoms with Crippen LogP contribution in [0.25, 0.3) is 0 Å². The summed E-state index contributed by atoms with van der Waals surface area (Å²) in [7, 11) is 2.40. The van der Waals surface area contributed by atoms with Crippen LogP contribution in [0.4, 0.5) is 5.69 Å². The lowest BCUT2D eigenvalue weighted by Crippen LogP contribution is -2.14. The van der Waals surface area contributed by atoms with Gasteiger partial charge < -0.3 is 19.9 Å². The fourth-order valence-electron chi connectivity index (χ4n) is 2.06. The molecule has 0 bridgehead atoms. The summed E-state index contributed by atoms with van der Waals surface area (Å²) in [5, 5.41) is 12.3. The number of anilines is 1. The lowest BCUT2D eigenvalue weighted by molar-refractivity contribution is 0.0599. The Morgan fingerprint density at radius 2 is 1.52 bits per heavy atom. The second-order valence-corrected chi connectivity index (χ2v) is 5.81. The van der Waals surface area contributed by atoms with E-state index in [9.17, 15) is 19.5 Å². The van der Waals surface area contributed by atoms with Gasteiger partial charge in [-0.1, -0.05) is 15.9 Å². The van der Waals surface area contributed by atoms with Crippen molar-refractivity contribution in [1.82, 2.24) is 0 Å². The molecule has 0 unspecified atom stereocenters. The number of carbonyl (C=O) groups is 3. The molecule has 0 heterocycles. The summed E-state index contributed by atoms with van der Waals surface area (Å²) < 4.78 is 9.87. The van der Waals surface area contributed by atoms with E-state index < -0.39 is 17.8 Å². The van der Waals surface area contributed by atoms with Crippen LogP contribution in [0.1, 0.15) is 31.1 Å². The molecule has 0 aliphatic carbocycles. The molecule has 0 saturated heterocycles. The first-order chi connectivity index (χ1) is 11.8. The van der Waals surface area contributed by atoms with Crippen LogP contribution < -0.4 is 5.32 Å². The fourth-order valence-corrected chi connectivity index (χ4v) is 2.42. The number of hydrogen-bond donors (Lipinski definition) is 2. The fraction of sp³-hybridized carbons (Fsp3) is 0.118. The van der Waals surface area contributed by atoms with Gasteiger partial charge in [-0.05, 0) is 36.4 Å². The van der Waals surface area contributed by atoms with Crippen LogP contribution in [0.5, 0.6) is 5.75 Å². The van der Waals surface area contributed by atoms with E-state index in [-0.39, 0.29) is 28.1 Å². The summed E-state index contributed by atoms with van der Waals surface area (Å²) in [6, 6.07) is 8.39. The summed E-state index contributed by atoms with van der Waals surface area (Å²) >= 11 is 3.22. The van der Waals surface area contributed by atoms with Crippen molar-refractivity contribution in [3.05, 3.63) is 57.6 Å². The molecule has 25 heavy (non-hydrogen) atoms. The van der Waals surface area contributed by atoms with Crippen LogP contribution in [0.2, 0.25) is 0 Å². The Kier molecular flexibility index (Phi) is 5.76. The maximum Gasteiger partial charge on any atom is 0.337 e. The molecule has 2 aromatic rings. The molecule has 0 aliphatic heterocycles. The van der Waals surface area contributed by atoms with E-state index >= 15 is 0 Å². The molecule has 2 aromatic carbocycles. The molecular weight excluding hydrogens is 394 g/mol. The normalized spacial score (nSPS) is 10.0. The van der Waals surface area contributed by atoms with Crippen molar-refractivity contribution in [2.75, 3.05) is 19.5 Å². The van der Waals surface area contributed by atoms with Crippen molar-refractivity contribution in [3.63, 3.8) is 0 Å². The van der Waals surface area contributed by atoms with Gasteiger partial charge in [0.1, 0.15) is 5.75 Å². The van der Waals surface area contributed by atoms with Gasteiger partial charge in [0.05, 0.1) is 30.9 Å². The molecule has 2 N–H and O–H groups in total. The van der Waals surface area contributed by atoms with Gasteiger partial charge >= 0.3 is 11.9 Å². The number of phenols is 1. The zero-order valence-corrected chi connectivity index (χ0v) is 14.9. The first-order valence-corrected chi connectivity index (χ1v) is 7.76. The zero-order valence-electron chi connectivity index (χ0n) is 13.3. The Morgan fingerprint density at radius 1 is 0.960 bits per heavy atom. The first kappa shape index (κ1) is 18.5. The Morgan fingerprint density at radius 3 is 2.04 bits per heavy atom. The van der Waals surface area contributed by atoms with Crippen LogP contribution in [0, 0.1) is 0 Å². The van der Waals surface area contributed by atoms with Crippen molar-refractivity contribution < 1.29 is 29.0 Å². The van der Waals surface area contributed by atoms with Gasteiger partial charge in [-0.3, -0.25) is 4.79 Å². The number of hydrogen-bond acceptors (Lipinski definition) is 6. The first-order valence-electron chi connectivity index (χ1n) is 6.97. The largest absolute Gasteiger partial charge is 0.507 e. The molecule has 0 aromatic heterocycles. The van der Waals surface area contributed by atoms with Gasteiger partial charge in [-0.15, -0.1) is 0 Å². The van der Waals surface area contributed by atoms with E-state index in [0.29, 0.717) is 4.47 Å². The third-order valence-electron chi connectivity index (χ3n) is 3.24. The topological polar surface area (TPSA) is 102 Å². The zero-order chi connectivity index (χ0) is 18.6. The molecule has 130 valence electrons. The van der Waals surface area contributed by atoms with Crippen LogP contribution in [-0.4, -0.2) is 37.2 Å². The summed E-state index contributed by atoms with van der Waals surface area (Å²) in [6.45, 7) is 0. The molecule has 0 aliphatic rings. The van der Waals surface area contributed by atoms with Crippen molar-refractivity contribution >= 4 is 39.5 Å². The summed E-state index contributed by atoms with van der Waals surface area (Å²) in [6.07, 6.45) is 0. The van der Waals surface area contributed by atoms with Crippen molar-refractivity contribution in [3.8, 4) is 5.75 Å². The monoisotopic (exact) mass is 407 g/mol. The molecule has 7 nitrogen and oxygen atoms in total. The minimum atomic E-state index is -0.674. The van der Waals surface area contributed by atoms with Gasteiger partial charge in [-0.2, -0.15) is 0 Å². The molecular formula is C17H14BrNO6. The molecule has 2 rings (SSSR count). The van der Waals surface area contributed by atoms with Crippen molar-refractivity contribution in [1.29, 1.82) is 0 Å². The Balaban J connectivity index is 2.40. The SMILES string of the molecule is COC(=O)c1cc(NC(=O)c2cc(Br)ccc2O)cc(C(=O)OC)c1. The number of nitrogens with one attached hydrogen (secondary N) is 1. The minimum Gasteiger partial charge on any atom is -0.507 e. The standard InChI is InChI=1S/C17H14BrNO6/c1-24-16(22)9-5-10(17(23)25-2)7-12(6-9)19-15(21)13-8-11(18)3-4-14(13)20/h3-8,20H,1-2H3,(H,19,21). The summed E-state index contributed by atoms with van der Waals surface area (Å²) in [4.78, 5) is 35.9. The molecule has 8 heteroatoms. The van der Waals surface area contributed by atoms with Crippen molar-refractivity contribution in [2.24, 2.45) is 0 Å². The number of halogens is 1. The highest BCUT2D eigenvalue weighted by molar-refractivity contribution is 9.10. The number of ether oxygens (including phenoxy) is 2. The Bertz CT molecular complexity index is 815. The van der Waals surface area contributed by atoms with Crippen LogP contribution >= 0.6 is 15.9 Å². The second kappa shape index (κ2) is 7.80. The quantitative estimate of drug-likeness (QED) is 0.755. The predicted octanol–water partition coefficient (Wildman–Crippen LogP) is 2.98. The highest BCUT2D eigenvalue weighted by Gasteiger charge is 2.17.